The molecule has 0 spiro atoms. The van der Waals surface area contributed by atoms with E-state index in [1.807, 2.05) is 18.4 Å². The van der Waals surface area contributed by atoms with Crippen molar-refractivity contribution in [2.45, 2.75) is 25.7 Å². The lowest BCUT2D eigenvalue weighted by atomic mass is 9.94. The number of rotatable bonds is 3. The van der Waals surface area contributed by atoms with Crippen molar-refractivity contribution in [1.82, 2.24) is 0 Å². The fourth-order valence-corrected chi connectivity index (χ4v) is 2.12. The maximum absolute atomic E-state index is 8.60. The molecule has 1 aromatic rings. The summed E-state index contributed by atoms with van der Waals surface area (Å²) in [7, 11) is 0. The Kier molecular flexibility index (Phi) is 3.49. The summed E-state index contributed by atoms with van der Waals surface area (Å²) in [5, 5.41) is 19.2. The van der Waals surface area contributed by atoms with Crippen LogP contribution in [0.3, 0.4) is 0 Å². The van der Waals surface area contributed by atoms with Gasteiger partial charge in [0.25, 0.3) is 0 Å². The second kappa shape index (κ2) is 4.64. The van der Waals surface area contributed by atoms with E-state index in [0.717, 1.165) is 5.56 Å². The van der Waals surface area contributed by atoms with Crippen LogP contribution in [-0.4, -0.2) is 0 Å². The van der Waals surface area contributed by atoms with Crippen LogP contribution in [0, 0.1) is 29.6 Å². The maximum Gasteiger partial charge on any atom is 0.0628 e. The summed E-state index contributed by atoms with van der Waals surface area (Å²) in [6.45, 7) is 2.03. The van der Waals surface area contributed by atoms with E-state index in [1.54, 1.807) is 11.3 Å². The fourth-order valence-electron chi connectivity index (χ4n) is 1.33. The lowest BCUT2D eigenvalue weighted by Crippen LogP contribution is -1.96. The van der Waals surface area contributed by atoms with E-state index in [-0.39, 0.29) is 5.92 Å². The highest BCUT2D eigenvalue weighted by Gasteiger charge is 2.13. The first kappa shape index (κ1) is 9.77. The Morgan fingerprint density at radius 2 is 2.00 bits per heavy atom. The van der Waals surface area contributed by atoms with Crippen LogP contribution in [-0.2, 0) is 0 Å². The van der Waals surface area contributed by atoms with Crippen molar-refractivity contribution in [3.63, 3.8) is 0 Å². The molecule has 0 aliphatic carbocycles. The largest absolute Gasteiger partial charge is 0.198 e. The quantitative estimate of drug-likeness (QED) is 0.735. The average molecular weight is 190 g/mol. The topological polar surface area (TPSA) is 47.6 Å². The number of hydrogen-bond donors (Lipinski definition) is 0. The van der Waals surface area contributed by atoms with Gasteiger partial charge in [-0.15, -0.1) is 11.3 Å². The van der Waals surface area contributed by atoms with E-state index in [2.05, 4.69) is 12.1 Å². The van der Waals surface area contributed by atoms with E-state index in [4.69, 9.17) is 10.5 Å². The Morgan fingerprint density at radius 3 is 2.38 bits per heavy atom. The Morgan fingerprint density at radius 1 is 1.38 bits per heavy atom. The molecule has 0 radical (unpaired) electrons. The molecule has 1 heterocycles. The summed E-state index contributed by atoms with van der Waals surface area (Å²) >= 11 is 1.67. The molecule has 0 saturated carbocycles. The molecule has 0 bridgehead atoms. The SMILES string of the molecule is Cc1sccc1C(CC#N)CC#N. The van der Waals surface area contributed by atoms with Gasteiger partial charge in [-0.05, 0) is 23.9 Å². The molecule has 0 aliphatic rings. The van der Waals surface area contributed by atoms with Gasteiger partial charge in [0.2, 0.25) is 0 Å². The average Bonchev–Trinajstić information content (AvgIpc) is 2.51. The zero-order valence-electron chi connectivity index (χ0n) is 7.45. The highest BCUT2D eigenvalue weighted by Crippen LogP contribution is 2.28. The van der Waals surface area contributed by atoms with E-state index < -0.39 is 0 Å². The molecule has 0 atom stereocenters. The van der Waals surface area contributed by atoms with Gasteiger partial charge < -0.3 is 0 Å². The molecule has 1 aromatic heterocycles. The van der Waals surface area contributed by atoms with Crippen LogP contribution >= 0.6 is 11.3 Å². The summed E-state index contributed by atoms with van der Waals surface area (Å²) in [5.74, 6) is 0.0984. The third-order valence-electron chi connectivity index (χ3n) is 2.01. The van der Waals surface area contributed by atoms with Gasteiger partial charge in [0.1, 0.15) is 0 Å². The third-order valence-corrected chi connectivity index (χ3v) is 2.88. The summed E-state index contributed by atoms with van der Waals surface area (Å²) in [5.41, 5.74) is 1.16. The molecule has 0 N–H and O–H groups in total. The first-order valence-corrected chi connectivity index (χ1v) is 4.95. The first-order valence-electron chi connectivity index (χ1n) is 4.07. The molecule has 0 aromatic carbocycles. The van der Waals surface area contributed by atoms with Gasteiger partial charge in [-0.2, -0.15) is 10.5 Å². The summed E-state index contributed by atoms with van der Waals surface area (Å²) in [6, 6.07) is 6.26. The number of hydrogen-bond acceptors (Lipinski definition) is 3. The molecule has 0 amide bonds. The lowest BCUT2D eigenvalue weighted by molar-refractivity contribution is 0.725. The second-order valence-electron chi connectivity index (χ2n) is 2.85. The van der Waals surface area contributed by atoms with E-state index >= 15 is 0 Å². The molecular formula is C10H10N2S. The molecule has 0 unspecified atom stereocenters. The molecular weight excluding hydrogens is 180 g/mol. The zero-order valence-corrected chi connectivity index (χ0v) is 8.27. The Hall–Kier alpha value is -1.32. The lowest BCUT2D eigenvalue weighted by Gasteiger charge is -2.08. The standard InChI is InChI=1S/C10H10N2S/c1-8-10(4-7-13-8)9(2-5-11)3-6-12/h4,7,9H,2-3H2,1H3. The van der Waals surface area contributed by atoms with Crippen LogP contribution in [0.2, 0.25) is 0 Å². The van der Waals surface area contributed by atoms with Crippen molar-refractivity contribution >= 4 is 11.3 Å². The Bertz CT molecular complexity index is 338. The van der Waals surface area contributed by atoms with Crippen molar-refractivity contribution in [3.05, 3.63) is 21.9 Å². The second-order valence-corrected chi connectivity index (χ2v) is 3.97. The predicted octanol–water partition coefficient (Wildman–Crippen LogP) is 2.97. The summed E-state index contributed by atoms with van der Waals surface area (Å²) < 4.78 is 0. The monoisotopic (exact) mass is 190 g/mol. The summed E-state index contributed by atoms with van der Waals surface area (Å²) in [6.07, 6.45) is 0.871. The van der Waals surface area contributed by atoms with E-state index in [9.17, 15) is 0 Å². The predicted molar refractivity (Wildman–Crippen MR) is 52.3 cm³/mol. The van der Waals surface area contributed by atoms with Gasteiger partial charge in [-0.1, -0.05) is 0 Å². The summed E-state index contributed by atoms with van der Waals surface area (Å²) in [4.78, 5) is 1.22. The zero-order chi connectivity index (χ0) is 9.68. The molecule has 0 aliphatic heterocycles. The van der Waals surface area contributed by atoms with Gasteiger partial charge in [-0.3, -0.25) is 0 Å². The molecule has 2 nitrogen and oxygen atoms in total. The third kappa shape index (κ3) is 2.31. The first-order chi connectivity index (χ1) is 6.29. The fraction of sp³-hybridized carbons (Fsp3) is 0.400. The van der Waals surface area contributed by atoms with E-state index in [0.29, 0.717) is 12.8 Å². The molecule has 0 fully saturated rings. The van der Waals surface area contributed by atoms with Crippen molar-refractivity contribution in [2.24, 2.45) is 0 Å². The van der Waals surface area contributed by atoms with Gasteiger partial charge in [0.15, 0.2) is 0 Å². The molecule has 66 valence electrons. The van der Waals surface area contributed by atoms with Gasteiger partial charge >= 0.3 is 0 Å². The number of nitriles is 2. The highest BCUT2D eigenvalue weighted by atomic mass is 32.1. The van der Waals surface area contributed by atoms with Crippen molar-refractivity contribution in [1.29, 1.82) is 10.5 Å². The Balaban J connectivity index is 2.84. The van der Waals surface area contributed by atoms with Crippen LogP contribution in [0.4, 0.5) is 0 Å². The van der Waals surface area contributed by atoms with Gasteiger partial charge in [0, 0.05) is 23.6 Å². The number of thiophene rings is 1. The van der Waals surface area contributed by atoms with Crippen LogP contribution in [0.1, 0.15) is 29.2 Å². The number of aryl methyl sites for hydroxylation is 1. The van der Waals surface area contributed by atoms with Crippen LogP contribution in [0.5, 0.6) is 0 Å². The van der Waals surface area contributed by atoms with Crippen LogP contribution in [0.25, 0.3) is 0 Å². The smallest absolute Gasteiger partial charge is 0.0628 e. The highest BCUT2D eigenvalue weighted by molar-refractivity contribution is 7.10. The van der Waals surface area contributed by atoms with Crippen molar-refractivity contribution in [3.8, 4) is 12.1 Å². The minimum Gasteiger partial charge on any atom is -0.198 e. The van der Waals surface area contributed by atoms with Crippen LogP contribution in [0.15, 0.2) is 11.4 Å². The molecule has 13 heavy (non-hydrogen) atoms. The molecule has 0 saturated heterocycles. The maximum atomic E-state index is 8.60. The van der Waals surface area contributed by atoms with Gasteiger partial charge in [0.05, 0.1) is 12.1 Å². The minimum absolute atomic E-state index is 0.0984. The normalized spacial score (nSPS) is 9.54. The Labute approximate surface area is 82.0 Å². The van der Waals surface area contributed by atoms with E-state index in [1.165, 1.54) is 4.88 Å². The van der Waals surface area contributed by atoms with Crippen molar-refractivity contribution < 1.29 is 0 Å². The van der Waals surface area contributed by atoms with Crippen molar-refractivity contribution in [2.75, 3.05) is 0 Å². The van der Waals surface area contributed by atoms with Gasteiger partial charge in [-0.25, -0.2) is 0 Å². The minimum atomic E-state index is 0.0984. The number of nitrogens with zero attached hydrogens (tertiary/aromatic N) is 2. The molecule has 1 rings (SSSR count). The molecule has 3 heteroatoms. The van der Waals surface area contributed by atoms with Crippen LogP contribution < -0.4 is 0 Å².